The number of rotatable bonds is 17. The number of ether oxygens (including phenoxy) is 3. The van der Waals surface area contributed by atoms with Crippen molar-refractivity contribution in [2.45, 2.75) is 85.5 Å². The molecule has 0 spiro atoms. The molecule has 1 atom stereocenters. The van der Waals surface area contributed by atoms with E-state index in [-0.39, 0.29) is 5.97 Å². The van der Waals surface area contributed by atoms with Gasteiger partial charge in [0.2, 0.25) is 0 Å². The van der Waals surface area contributed by atoms with Crippen LogP contribution in [0.25, 0.3) is 6.08 Å². The van der Waals surface area contributed by atoms with Gasteiger partial charge in [0.05, 0.1) is 18.8 Å². The van der Waals surface area contributed by atoms with Crippen LogP contribution >= 0.6 is 0 Å². The third-order valence-electron chi connectivity index (χ3n) is 6.35. The summed E-state index contributed by atoms with van der Waals surface area (Å²) in [5.74, 6) is 0.792. The standard InChI is InChI=1S/C32H44O5/c1-5-7-8-9-10-11-12-13-22-35-29-20-16-28(17-21-29)32(34)37-30-18-14-27(15-19-30)23-26(4)31(33)36-24-25(3)6-2/h14-21,23,25H,5-13,22,24H2,1-4H3/t25-/m0/s1. The van der Waals surface area contributed by atoms with Crippen molar-refractivity contribution < 1.29 is 23.8 Å². The molecule has 37 heavy (non-hydrogen) atoms. The molecule has 0 amide bonds. The van der Waals surface area contributed by atoms with Gasteiger partial charge < -0.3 is 14.2 Å². The Labute approximate surface area is 223 Å². The van der Waals surface area contributed by atoms with Gasteiger partial charge in [-0.25, -0.2) is 9.59 Å². The van der Waals surface area contributed by atoms with Crippen LogP contribution in [0.1, 0.15) is 101 Å². The molecule has 0 aliphatic heterocycles. The molecule has 2 aromatic carbocycles. The Balaban J connectivity index is 1.74. The lowest BCUT2D eigenvalue weighted by atomic mass is 10.1. The van der Waals surface area contributed by atoms with Crippen molar-refractivity contribution in [2.24, 2.45) is 5.92 Å². The lowest BCUT2D eigenvalue weighted by molar-refractivity contribution is -0.140. The van der Waals surface area contributed by atoms with E-state index in [4.69, 9.17) is 14.2 Å². The van der Waals surface area contributed by atoms with E-state index in [1.807, 2.05) is 6.92 Å². The molecule has 0 aliphatic carbocycles. The summed E-state index contributed by atoms with van der Waals surface area (Å²) in [4.78, 5) is 24.7. The largest absolute Gasteiger partial charge is 0.494 e. The van der Waals surface area contributed by atoms with Gasteiger partial charge in [-0.2, -0.15) is 0 Å². The smallest absolute Gasteiger partial charge is 0.343 e. The SMILES string of the molecule is CCCCCCCCCCOc1ccc(C(=O)Oc2ccc(C=C(C)C(=O)OC[C@@H](C)CC)cc2)cc1. The van der Waals surface area contributed by atoms with Crippen molar-refractivity contribution >= 4 is 18.0 Å². The lowest BCUT2D eigenvalue weighted by Gasteiger charge is -2.10. The van der Waals surface area contributed by atoms with Crippen LogP contribution in [0.2, 0.25) is 0 Å². The maximum absolute atomic E-state index is 12.5. The predicted molar refractivity (Wildman–Crippen MR) is 150 cm³/mol. The summed E-state index contributed by atoms with van der Waals surface area (Å²) in [6.07, 6.45) is 12.8. The first-order valence-corrected chi connectivity index (χ1v) is 13.8. The zero-order valence-electron chi connectivity index (χ0n) is 23.1. The topological polar surface area (TPSA) is 61.8 Å². The first-order valence-electron chi connectivity index (χ1n) is 13.8. The van der Waals surface area contributed by atoms with Crippen LogP contribution in [-0.4, -0.2) is 25.2 Å². The highest BCUT2D eigenvalue weighted by molar-refractivity contribution is 5.93. The Morgan fingerprint density at radius 3 is 2.03 bits per heavy atom. The molecule has 5 nitrogen and oxygen atoms in total. The molecule has 0 aromatic heterocycles. The number of carbonyl (C=O) groups excluding carboxylic acids is 2. The normalized spacial score (nSPS) is 12.2. The third kappa shape index (κ3) is 12.1. The van der Waals surface area contributed by atoms with E-state index >= 15 is 0 Å². The van der Waals surface area contributed by atoms with E-state index in [1.54, 1.807) is 61.5 Å². The van der Waals surface area contributed by atoms with Gasteiger partial charge in [-0.3, -0.25) is 0 Å². The fourth-order valence-electron chi connectivity index (χ4n) is 3.67. The average Bonchev–Trinajstić information content (AvgIpc) is 2.91. The molecule has 0 N–H and O–H groups in total. The molecule has 0 radical (unpaired) electrons. The number of hydrogen-bond donors (Lipinski definition) is 0. The van der Waals surface area contributed by atoms with Gasteiger partial charge >= 0.3 is 11.9 Å². The van der Waals surface area contributed by atoms with Gasteiger partial charge in [0.25, 0.3) is 0 Å². The zero-order chi connectivity index (χ0) is 26.9. The van der Waals surface area contributed by atoms with Crippen LogP contribution in [0.3, 0.4) is 0 Å². The maximum atomic E-state index is 12.5. The highest BCUT2D eigenvalue weighted by Crippen LogP contribution is 2.19. The van der Waals surface area contributed by atoms with E-state index in [0.717, 1.165) is 24.2 Å². The highest BCUT2D eigenvalue weighted by atomic mass is 16.5. The summed E-state index contributed by atoms with van der Waals surface area (Å²) in [6, 6.07) is 14.1. The number of esters is 2. The molecule has 5 heteroatoms. The molecular formula is C32H44O5. The summed E-state index contributed by atoms with van der Waals surface area (Å²) < 4.78 is 16.6. The third-order valence-corrected chi connectivity index (χ3v) is 6.35. The zero-order valence-corrected chi connectivity index (χ0v) is 23.1. The minimum absolute atomic E-state index is 0.318. The average molecular weight is 509 g/mol. The van der Waals surface area contributed by atoms with Crippen molar-refractivity contribution in [1.29, 1.82) is 0 Å². The Morgan fingerprint density at radius 1 is 0.811 bits per heavy atom. The van der Waals surface area contributed by atoms with Gasteiger partial charge in [-0.1, -0.05) is 84.3 Å². The fourth-order valence-corrected chi connectivity index (χ4v) is 3.67. The van der Waals surface area contributed by atoms with Gasteiger partial charge in [-0.05, 0) is 67.3 Å². The second-order valence-electron chi connectivity index (χ2n) is 9.75. The summed E-state index contributed by atoms with van der Waals surface area (Å²) in [5, 5.41) is 0. The number of carbonyl (C=O) groups is 2. The number of benzene rings is 2. The van der Waals surface area contributed by atoms with Crippen LogP contribution in [0.5, 0.6) is 11.5 Å². The van der Waals surface area contributed by atoms with Crippen molar-refractivity contribution in [3.8, 4) is 11.5 Å². The van der Waals surface area contributed by atoms with Crippen LogP contribution in [0, 0.1) is 5.92 Å². The molecule has 0 bridgehead atoms. The van der Waals surface area contributed by atoms with Gasteiger partial charge in [-0.15, -0.1) is 0 Å². The molecule has 2 rings (SSSR count). The Hall–Kier alpha value is -3.08. The Morgan fingerprint density at radius 2 is 1.41 bits per heavy atom. The molecule has 0 saturated carbocycles. The van der Waals surface area contributed by atoms with E-state index in [2.05, 4.69) is 13.8 Å². The van der Waals surface area contributed by atoms with Gasteiger partial charge in [0.1, 0.15) is 11.5 Å². The number of unbranched alkanes of at least 4 members (excludes halogenated alkanes) is 7. The Kier molecular flexibility index (Phi) is 14.2. The summed E-state index contributed by atoms with van der Waals surface area (Å²) in [7, 11) is 0. The first-order chi connectivity index (χ1) is 17.9. The summed E-state index contributed by atoms with van der Waals surface area (Å²) in [6.45, 7) is 9.20. The van der Waals surface area contributed by atoms with Crippen molar-refractivity contribution in [1.82, 2.24) is 0 Å². The van der Waals surface area contributed by atoms with Crippen LogP contribution in [0.4, 0.5) is 0 Å². The van der Waals surface area contributed by atoms with Crippen molar-refractivity contribution in [3.63, 3.8) is 0 Å². The first kappa shape index (κ1) is 30.1. The van der Waals surface area contributed by atoms with Crippen molar-refractivity contribution in [3.05, 3.63) is 65.2 Å². The molecule has 2 aromatic rings. The van der Waals surface area contributed by atoms with E-state index in [0.29, 0.717) is 36.0 Å². The lowest BCUT2D eigenvalue weighted by Crippen LogP contribution is -2.12. The summed E-state index contributed by atoms with van der Waals surface area (Å²) in [5.41, 5.74) is 1.82. The monoisotopic (exact) mass is 508 g/mol. The molecular weight excluding hydrogens is 464 g/mol. The number of hydrogen-bond acceptors (Lipinski definition) is 5. The van der Waals surface area contributed by atoms with E-state index in [1.165, 1.54) is 44.9 Å². The summed E-state index contributed by atoms with van der Waals surface area (Å²) >= 11 is 0. The van der Waals surface area contributed by atoms with E-state index in [9.17, 15) is 9.59 Å². The predicted octanol–water partition coefficient (Wildman–Crippen LogP) is 8.42. The van der Waals surface area contributed by atoms with Crippen molar-refractivity contribution in [2.75, 3.05) is 13.2 Å². The molecule has 0 unspecified atom stereocenters. The minimum Gasteiger partial charge on any atom is -0.494 e. The second kappa shape index (κ2) is 17.4. The van der Waals surface area contributed by atoms with Crippen LogP contribution in [0.15, 0.2) is 54.1 Å². The van der Waals surface area contributed by atoms with Crippen LogP contribution < -0.4 is 9.47 Å². The highest BCUT2D eigenvalue weighted by Gasteiger charge is 2.10. The Bertz CT molecular complexity index is 960. The maximum Gasteiger partial charge on any atom is 0.343 e. The second-order valence-corrected chi connectivity index (χ2v) is 9.75. The van der Waals surface area contributed by atoms with Crippen LogP contribution in [-0.2, 0) is 9.53 Å². The minimum atomic E-state index is -0.428. The van der Waals surface area contributed by atoms with Gasteiger partial charge in [0.15, 0.2) is 0 Å². The fraction of sp³-hybridized carbons (Fsp3) is 0.500. The quantitative estimate of drug-likeness (QED) is 0.0929. The molecule has 202 valence electrons. The molecule has 0 saturated heterocycles. The molecule has 0 heterocycles. The van der Waals surface area contributed by atoms with E-state index < -0.39 is 5.97 Å². The van der Waals surface area contributed by atoms with Gasteiger partial charge in [0, 0.05) is 5.57 Å². The molecule has 0 fully saturated rings. The molecule has 0 aliphatic rings.